The van der Waals surface area contributed by atoms with Crippen molar-refractivity contribution < 1.29 is 9.90 Å². The van der Waals surface area contributed by atoms with E-state index in [2.05, 4.69) is 5.32 Å². The van der Waals surface area contributed by atoms with Crippen LogP contribution in [0, 0.1) is 12.8 Å². The van der Waals surface area contributed by atoms with Crippen LogP contribution >= 0.6 is 11.8 Å². The minimum absolute atomic E-state index is 0.0154. The number of carbonyl (C=O) groups excluding carboxylic acids is 1. The third-order valence-electron chi connectivity index (χ3n) is 2.80. The first-order valence-corrected chi connectivity index (χ1v) is 7.11. The Kier molecular flexibility index (Phi) is 6.22. The van der Waals surface area contributed by atoms with E-state index in [4.69, 9.17) is 5.11 Å². The summed E-state index contributed by atoms with van der Waals surface area (Å²) in [5.74, 6) is 0.590. The van der Waals surface area contributed by atoms with E-state index in [0.29, 0.717) is 5.75 Å². The van der Waals surface area contributed by atoms with Crippen LogP contribution in [-0.2, 0) is 4.79 Å². The van der Waals surface area contributed by atoms with E-state index in [9.17, 15) is 4.79 Å². The molecule has 1 aromatic carbocycles. The number of rotatable bonds is 6. The normalized spacial score (nSPS) is 12.5. The maximum absolute atomic E-state index is 11.8. The second-order valence-corrected chi connectivity index (χ2v) is 5.67. The van der Waals surface area contributed by atoms with Crippen molar-refractivity contribution in [1.82, 2.24) is 5.32 Å². The van der Waals surface area contributed by atoms with Crippen LogP contribution in [0.15, 0.2) is 29.2 Å². The van der Waals surface area contributed by atoms with Crippen LogP contribution in [0.3, 0.4) is 0 Å². The number of amides is 1. The van der Waals surface area contributed by atoms with Gasteiger partial charge in [0, 0.05) is 4.90 Å². The summed E-state index contributed by atoms with van der Waals surface area (Å²) < 4.78 is 0. The van der Waals surface area contributed by atoms with Crippen LogP contribution in [0.4, 0.5) is 0 Å². The molecule has 0 unspecified atom stereocenters. The molecule has 0 aliphatic heterocycles. The minimum Gasteiger partial charge on any atom is -0.394 e. The van der Waals surface area contributed by atoms with Gasteiger partial charge in [0.15, 0.2) is 0 Å². The Bertz CT molecular complexity index is 393. The number of aliphatic hydroxyl groups is 1. The number of aliphatic hydroxyl groups excluding tert-OH is 1. The highest BCUT2D eigenvalue weighted by atomic mass is 32.2. The van der Waals surface area contributed by atoms with Crippen LogP contribution < -0.4 is 5.32 Å². The van der Waals surface area contributed by atoms with Gasteiger partial charge in [0.2, 0.25) is 5.91 Å². The molecule has 0 aliphatic rings. The SMILES string of the molecule is Cc1ccccc1SCC(=O)N[C@H](CO)C(C)C. The molecule has 3 nitrogen and oxygen atoms in total. The van der Waals surface area contributed by atoms with Gasteiger partial charge in [0.1, 0.15) is 0 Å². The summed E-state index contributed by atoms with van der Waals surface area (Å²) in [7, 11) is 0. The number of carbonyl (C=O) groups is 1. The maximum Gasteiger partial charge on any atom is 0.230 e. The lowest BCUT2D eigenvalue weighted by molar-refractivity contribution is -0.119. The minimum atomic E-state index is -0.157. The third kappa shape index (κ3) is 4.70. The lowest BCUT2D eigenvalue weighted by atomic mass is 10.1. The molecule has 0 saturated carbocycles. The summed E-state index contributed by atoms with van der Waals surface area (Å²) in [6.45, 7) is 5.98. The van der Waals surface area contributed by atoms with Gasteiger partial charge >= 0.3 is 0 Å². The first-order chi connectivity index (χ1) is 8.54. The fourth-order valence-electron chi connectivity index (χ4n) is 1.53. The molecule has 0 aliphatic carbocycles. The summed E-state index contributed by atoms with van der Waals surface area (Å²) in [5.41, 5.74) is 1.18. The van der Waals surface area contributed by atoms with Crippen molar-refractivity contribution in [3.05, 3.63) is 29.8 Å². The molecular weight excluding hydrogens is 246 g/mol. The van der Waals surface area contributed by atoms with E-state index in [-0.39, 0.29) is 24.5 Å². The Balaban J connectivity index is 2.44. The molecule has 0 saturated heterocycles. The van der Waals surface area contributed by atoms with Gasteiger partial charge in [0.05, 0.1) is 18.4 Å². The Labute approximate surface area is 113 Å². The Morgan fingerprint density at radius 3 is 2.61 bits per heavy atom. The molecule has 0 aromatic heterocycles. The number of hydrogen-bond acceptors (Lipinski definition) is 3. The highest BCUT2D eigenvalue weighted by molar-refractivity contribution is 8.00. The summed E-state index contributed by atoms with van der Waals surface area (Å²) in [4.78, 5) is 12.9. The van der Waals surface area contributed by atoms with Crippen LogP contribution in [0.5, 0.6) is 0 Å². The van der Waals surface area contributed by atoms with E-state index < -0.39 is 0 Å². The molecule has 1 amide bonds. The predicted octanol–water partition coefficient (Wildman–Crippen LogP) is 2.22. The van der Waals surface area contributed by atoms with Crippen molar-refractivity contribution in [2.45, 2.75) is 31.7 Å². The molecular formula is C14H21NO2S. The average molecular weight is 267 g/mol. The molecule has 100 valence electrons. The van der Waals surface area contributed by atoms with Crippen molar-refractivity contribution in [2.75, 3.05) is 12.4 Å². The largest absolute Gasteiger partial charge is 0.394 e. The van der Waals surface area contributed by atoms with Gasteiger partial charge in [-0.25, -0.2) is 0 Å². The fraction of sp³-hybridized carbons (Fsp3) is 0.500. The van der Waals surface area contributed by atoms with Gasteiger partial charge in [-0.05, 0) is 24.5 Å². The van der Waals surface area contributed by atoms with Crippen LogP contribution in [0.1, 0.15) is 19.4 Å². The molecule has 0 bridgehead atoms. The number of aryl methyl sites for hydroxylation is 1. The van der Waals surface area contributed by atoms with Crippen molar-refractivity contribution >= 4 is 17.7 Å². The summed E-state index contributed by atoms with van der Waals surface area (Å²) in [6.07, 6.45) is 0. The zero-order valence-corrected chi connectivity index (χ0v) is 12.0. The van der Waals surface area contributed by atoms with Gasteiger partial charge in [0.25, 0.3) is 0 Å². The van der Waals surface area contributed by atoms with E-state index in [1.54, 1.807) is 0 Å². The van der Waals surface area contributed by atoms with Gasteiger partial charge in [-0.15, -0.1) is 11.8 Å². The summed E-state index contributed by atoms with van der Waals surface area (Å²) in [5, 5.41) is 12.0. The first kappa shape index (κ1) is 15.1. The van der Waals surface area contributed by atoms with Crippen molar-refractivity contribution in [3.8, 4) is 0 Å². The summed E-state index contributed by atoms with van der Waals surface area (Å²) in [6, 6.07) is 7.84. The topological polar surface area (TPSA) is 49.3 Å². The monoisotopic (exact) mass is 267 g/mol. The molecule has 1 aromatic rings. The van der Waals surface area contributed by atoms with Gasteiger partial charge < -0.3 is 10.4 Å². The van der Waals surface area contributed by atoms with Crippen molar-refractivity contribution in [3.63, 3.8) is 0 Å². The number of benzene rings is 1. The lowest BCUT2D eigenvalue weighted by Crippen LogP contribution is -2.41. The first-order valence-electron chi connectivity index (χ1n) is 6.13. The highest BCUT2D eigenvalue weighted by Crippen LogP contribution is 2.21. The quantitative estimate of drug-likeness (QED) is 0.777. The molecule has 0 heterocycles. The van der Waals surface area contributed by atoms with Crippen LogP contribution in [0.25, 0.3) is 0 Å². The molecule has 0 spiro atoms. The maximum atomic E-state index is 11.8. The Morgan fingerprint density at radius 2 is 2.06 bits per heavy atom. The standard InChI is InChI=1S/C14H21NO2S/c1-10(2)12(8-16)15-14(17)9-18-13-7-5-4-6-11(13)3/h4-7,10,12,16H,8-9H2,1-3H3,(H,15,17)/t12-/m1/s1. The van der Waals surface area contributed by atoms with Gasteiger partial charge in [-0.1, -0.05) is 32.0 Å². The highest BCUT2D eigenvalue weighted by Gasteiger charge is 2.15. The summed E-state index contributed by atoms with van der Waals surface area (Å²) >= 11 is 1.53. The molecule has 1 atom stereocenters. The number of nitrogens with one attached hydrogen (secondary N) is 1. The molecule has 2 N–H and O–H groups in total. The van der Waals surface area contributed by atoms with Gasteiger partial charge in [-0.2, -0.15) is 0 Å². The molecule has 0 fully saturated rings. The number of thioether (sulfide) groups is 1. The predicted molar refractivity (Wildman–Crippen MR) is 75.8 cm³/mol. The molecule has 18 heavy (non-hydrogen) atoms. The smallest absolute Gasteiger partial charge is 0.230 e. The lowest BCUT2D eigenvalue weighted by Gasteiger charge is -2.19. The Morgan fingerprint density at radius 1 is 1.39 bits per heavy atom. The molecule has 4 heteroatoms. The van der Waals surface area contributed by atoms with Crippen LogP contribution in [-0.4, -0.2) is 29.4 Å². The zero-order valence-electron chi connectivity index (χ0n) is 11.1. The second kappa shape index (κ2) is 7.44. The third-order valence-corrected chi connectivity index (χ3v) is 3.98. The van der Waals surface area contributed by atoms with Gasteiger partial charge in [-0.3, -0.25) is 4.79 Å². The number of hydrogen-bond donors (Lipinski definition) is 2. The Hall–Kier alpha value is -1.00. The van der Waals surface area contributed by atoms with E-state index in [0.717, 1.165) is 4.90 Å². The average Bonchev–Trinajstić information content (AvgIpc) is 2.34. The second-order valence-electron chi connectivity index (χ2n) is 4.65. The van der Waals surface area contributed by atoms with E-state index in [1.165, 1.54) is 17.3 Å². The van der Waals surface area contributed by atoms with Crippen molar-refractivity contribution in [1.29, 1.82) is 0 Å². The van der Waals surface area contributed by atoms with E-state index >= 15 is 0 Å². The van der Waals surface area contributed by atoms with Crippen molar-refractivity contribution in [2.24, 2.45) is 5.92 Å². The van der Waals surface area contributed by atoms with E-state index in [1.807, 2.05) is 45.0 Å². The molecule has 0 radical (unpaired) electrons. The molecule has 1 rings (SSSR count). The fourth-order valence-corrected chi connectivity index (χ4v) is 2.37. The van der Waals surface area contributed by atoms with Crippen LogP contribution in [0.2, 0.25) is 0 Å². The zero-order chi connectivity index (χ0) is 13.5.